The normalized spacial score (nSPS) is 16.5. The summed E-state index contributed by atoms with van der Waals surface area (Å²) in [6.45, 7) is 7.14. The molecule has 0 aromatic heterocycles. The highest BCUT2D eigenvalue weighted by Crippen LogP contribution is 2.37. The molecule has 1 aliphatic heterocycles. The Balaban J connectivity index is 2.56. The molecule has 0 spiro atoms. The summed E-state index contributed by atoms with van der Waals surface area (Å²) < 4.78 is 0. The zero-order valence-electron chi connectivity index (χ0n) is 9.33. The minimum Gasteiger partial charge on any atom is -0.325 e. The van der Waals surface area contributed by atoms with Crippen LogP contribution in [-0.4, -0.2) is 11.7 Å². The lowest BCUT2D eigenvalue weighted by molar-refractivity contribution is -0.119. The van der Waals surface area contributed by atoms with Gasteiger partial charge in [-0.3, -0.25) is 9.59 Å². The van der Waals surface area contributed by atoms with E-state index in [1.807, 2.05) is 13.8 Å². The molecule has 82 valence electrons. The van der Waals surface area contributed by atoms with Gasteiger partial charge in [0.2, 0.25) is 5.91 Å². The van der Waals surface area contributed by atoms with Crippen molar-refractivity contribution in [1.29, 1.82) is 0 Å². The van der Waals surface area contributed by atoms with E-state index in [4.69, 9.17) is 0 Å². The fraction of sp³-hybridized carbons (Fsp3) is 0.231. The van der Waals surface area contributed by atoms with Crippen molar-refractivity contribution in [3.8, 4) is 0 Å². The van der Waals surface area contributed by atoms with E-state index in [2.05, 4.69) is 11.9 Å². The van der Waals surface area contributed by atoms with E-state index in [9.17, 15) is 9.59 Å². The standard InChI is InChI=1S/C13H13NO2/c1-4-11(15)8-5-6-10-9(7-8)13(2,3)12(16)14-10/h4-7H,1H2,2-3H3,(H,14,16). The average Bonchev–Trinajstić information content (AvgIpc) is 2.49. The monoisotopic (exact) mass is 215 g/mol. The molecule has 1 aromatic carbocycles. The van der Waals surface area contributed by atoms with Gasteiger partial charge in [0.15, 0.2) is 5.78 Å². The molecule has 1 amide bonds. The second kappa shape index (κ2) is 3.30. The smallest absolute Gasteiger partial charge is 0.234 e. The number of hydrogen-bond acceptors (Lipinski definition) is 2. The quantitative estimate of drug-likeness (QED) is 0.607. The first-order valence-electron chi connectivity index (χ1n) is 5.09. The fourth-order valence-electron chi connectivity index (χ4n) is 1.84. The Morgan fingerprint density at radius 1 is 1.44 bits per heavy atom. The molecule has 0 saturated carbocycles. The van der Waals surface area contributed by atoms with E-state index >= 15 is 0 Å². The van der Waals surface area contributed by atoms with Crippen molar-refractivity contribution in [3.63, 3.8) is 0 Å². The Morgan fingerprint density at radius 2 is 2.12 bits per heavy atom. The number of anilines is 1. The third kappa shape index (κ3) is 1.36. The van der Waals surface area contributed by atoms with Crippen LogP contribution in [-0.2, 0) is 10.2 Å². The van der Waals surface area contributed by atoms with E-state index in [-0.39, 0.29) is 11.7 Å². The molecule has 0 atom stereocenters. The summed E-state index contributed by atoms with van der Waals surface area (Å²) in [7, 11) is 0. The Labute approximate surface area is 94.2 Å². The maximum Gasteiger partial charge on any atom is 0.234 e. The van der Waals surface area contributed by atoms with Gasteiger partial charge in [-0.15, -0.1) is 0 Å². The maximum absolute atomic E-state index is 11.7. The van der Waals surface area contributed by atoms with Crippen LogP contribution in [0.4, 0.5) is 5.69 Å². The van der Waals surface area contributed by atoms with Crippen LogP contribution >= 0.6 is 0 Å². The summed E-state index contributed by atoms with van der Waals surface area (Å²) in [4.78, 5) is 23.2. The summed E-state index contributed by atoms with van der Waals surface area (Å²) in [5.41, 5.74) is 1.64. The van der Waals surface area contributed by atoms with E-state index < -0.39 is 5.41 Å². The molecule has 2 rings (SSSR count). The topological polar surface area (TPSA) is 46.2 Å². The molecule has 0 aliphatic carbocycles. The van der Waals surface area contributed by atoms with Gasteiger partial charge in [-0.05, 0) is 43.7 Å². The number of allylic oxidation sites excluding steroid dienone is 1. The first-order chi connectivity index (χ1) is 7.46. The Morgan fingerprint density at radius 3 is 2.75 bits per heavy atom. The first-order valence-corrected chi connectivity index (χ1v) is 5.09. The molecule has 1 N–H and O–H groups in total. The highest BCUT2D eigenvalue weighted by Gasteiger charge is 2.38. The molecule has 0 fully saturated rings. The van der Waals surface area contributed by atoms with Crippen LogP contribution in [0, 0.1) is 0 Å². The van der Waals surface area contributed by atoms with Gasteiger partial charge in [0, 0.05) is 11.3 Å². The van der Waals surface area contributed by atoms with Crippen LogP contribution in [0.3, 0.4) is 0 Å². The third-order valence-corrected chi connectivity index (χ3v) is 2.98. The molecule has 3 nitrogen and oxygen atoms in total. The van der Waals surface area contributed by atoms with Crippen molar-refractivity contribution in [1.82, 2.24) is 0 Å². The maximum atomic E-state index is 11.7. The second-order valence-electron chi connectivity index (χ2n) is 4.41. The van der Waals surface area contributed by atoms with Gasteiger partial charge in [0.1, 0.15) is 0 Å². The zero-order valence-corrected chi connectivity index (χ0v) is 9.33. The van der Waals surface area contributed by atoms with Crippen molar-refractivity contribution >= 4 is 17.4 Å². The summed E-state index contributed by atoms with van der Waals surface area (Å²) in [6, 6.07) is 5.22. The number of amides is 1. The molecule has 1 aliphatic rings. The number of benzene rings is 1. The lowest BCUT2D eigenvalue weighted by atomic mass is 9.85. The molecule has 1 heterocycles. The molecule has 16 heavy (non-hydrogen) atoms. The third-order valence-electron chi connectivity index (χ3n) is 2.98. The number of hydrogen-bond donors (Lipinski definition) is 1. The molecule has 0 saturated heterocycles. The van der Waals surface area contributed by atoms with Crippen LogP contribution in [0.25, 0.3) is 0 Å². The molecule has 0 unspecified atom stereocenters. The van der Waals surface area contributed by atoms with Gasteiger partial charge >= 0.3 is 0 Å². The second-order valence-corrected chi connectivity index (χ2v) is 4.41. The van der Waals surface area contributed by atoms with Crippen molar-refractivity contribution in [2.24, 2.45) is 0 Å². The van der Waals surface area contributed by atoms with Crippen molar-refractivity contribution < 1.29 is 9.59 Å². The predicted octanol–water partition coefficient (Wildman–Crippen LogP) is 2.28. The molecule has 3 heteroatoms. The highest BCUT2D eigenvalue weighted by atomic mass is 16.2. The Bertz CT molecular complexity index is 501. The number of nitrogens with one attached hydrogen (secondary N) is 1. The highest BCUT2D eigenvalue weighted by molar-refractivity contribution is 6.09. The Hall–Kier alpha value is -1.90. The van der Waals surface area contributed by atoms with Gasteiger partial charge in [0.05, 0.1) is 5.41 Å². The number of rotatable bonds is 2. The van der Waals surface area contributed by atoms with Crippen molar-refractivity contribution in [3.05, 3.63) is 42.0 Å². The van der Waals surface area contributed by atoms with Gasteiger partial charge in [-0.25, -0.2) is 0 Å². The Kier molecular flexibility index (Phi) is 2.19. The molecule has 1 aromatic rings. The van der Waals surface area contributed by atoms with Crippen molar-refractivity contribution in [2.45, 2.75) is 19.3 Å². The van der Waals surface area contributed by atoms with Crippen LogP contribution in [0.2, 0.25) is 0 Å². The molecular formula is C13H13NO2. The molecular weight excluding hydrogens is 202 g/mol. The molecule has 0 bridgehead atoms. The summed E-state index contributed by atoms with van der Waals surface area (Å²) in [5.74, 6) is -0.163. The van der Waals surface area contributed by atoms with Gasteiger partial charge < -0.3 is 5.32 Å². The van der Waals surface area contributed by atoms with E-state index in [1.165, 1.54) is 6.08 Å². The van der Waals surface area contributed by atoms with Crippen molar-refractivity contribution in [2.75, 3.05) is 5.32 Å². The van der Waals surface area contributed by atoms with Gasteiger partial charge in [-0.2, -0.15) is 0 Å². The predicted molar refractivity (Wildman–Crippen MR) is 62.6 cm³/mol. The van der Waals surface area contributed by atoms with Crippen LogP contribution < -0.4 is 5.32 Å². The lowest BCUT2D eigenvalue weighted by Crippen LogP contribution is -2.26. The number of ketones is 1. The van der Waals surface area contributed by atoms with E-state index in [1.54, 1.807) is 18.2 Å². The minimum atomic E-state index is -0.577. The fourth-order valence-corrected chi connectivity index (χ4v) is 1.84. The zero-order chi connectivity index (χ0) is 11.9. The largest absolute Gasteiger partial charge is 0.325 e. The number of carbonyl (C=O) groups excluding carboxylic acids is 2. The number of carbonyl (C=O) groups is 2. The number of fused-ring (bicyclic) bond motifs is 1. The minimum absolute atomic E-state index is 0.0364. The molecule has 0 radical (unpaired) electrons. The SMILES string of the molecule is C=CC(=O)c1ccc2c(c1)C(C)(C)C(=O)N2. The lowest BCUT2D eigenvalue weighted by Gasteiger charge is -2.15. The average molecular weight is 215 g/mol. The van der Waals surface area contributed by atoms with E-state index in [0.717, 1.165) is 11.3 Å². The summed E-state index contributed by atoms with van der Waals surface area (Å²) in [5, 5.41) is 2.80. The van der Waals surface area contributed by atoms with E-state index in [0.29, 0.717) is 5.56 Å². The summed E-state index contributed by atoms with van der Waals surface area (Å²) in [6.07, 6.45) is 1.28. The summed E-state index contributed by atoms with van der Waals surface area (Å²) >= 11 is 0. The van der Waals surface area contributed by atoms with Gasteiger partial charge in [0.25, 0.3) is 0 Å². The first kappa shape index (κ1) is 10.6. The van der Waals surface area contributed by atoms with Crippen LogP contribution in [0.5, 0.6) is 0 Å². The van der Waals surface area contributed by atoms with Gasteiger partial charge in [-0.1, -0.05) is 6.58 Å². The van der Waals surface area contributed by atoms with Crippen LogP contribution in [0.1, 0.15) is 29.8 Å². The van der Waals surface area contributed by atoms with Crippen LogP contribution in [0.15, 0.2) is 30.9 Å².